The maximum atomic E-state index is 11.7. The molecule has 7 nitrogen and oxygen atoms in total. The third-order valence-electron chi connectivity index (χ3n) is 3.07. The third kappa shape index (κ3) is 4.51. The highest BCUT2D eigenvalue weighted by molar-refractivity contribution is 5.81. The molecule has 0 saturated heterocycles. The molecule has 1 rings (SSSR count). The largest absolute Gasteiger partial charge is 0.396 e. The first-order valence-electron chi connectivity index (χ1n) is 6.33. The fraction of sp³-hybridized carbons (Fsp3) is 0.462. The number of hydrogen-bond acceptors (Lipinski definition) is 5. The van der Waals surface area contributed by atoms with Crippen molar-refractivity contribution in [1.29, 1.82) is 0 Å². The van der Waals surface area contributed by atoms with Crippen LogP contribution in [0.1, 0.15) is 13.8 Å². The molecule has 0 radical (unpaired) electrons. The second-order valence-corrected chi connectivity index (χ2v) is 4.64. The molecule has 3 N–H and O–H groups in total. The second-order valence-electron chi connectivity index (χ2n) is 4.64. The smallest absolute Gasteiger partial charge is 0.292 e. The Kier molecular flexibility index (Phi) is 5.92. The lowest BCUT2D eigenvalue weighted by Gasteiger charge is -2.19. The number of rotatable bonds is 7. The molecule has 0 heterocycles. The maximum Gasteiger partial charge on any atom is 0.292 e. The Morgan fingerprint density at radius 1 is 1.40 bits per heavy atom. The molecule has 1 aromatic rings. The monoisotopic (exact) mass is 281 g/mol. The van der Waals surface area contributed by atoms with Crippen molar-refractivity contribution in [2.24, 2.45) is 5.92 Å². The van der Waals surface area contributed by atoms with E-state index in [-0.39, 0.29) is 36.7 Å². The van der Waals surface area contributed by atoms with Gasteiger partial charge in [-0.1, -0.05) is 19.1 Å². The molecule has 7 heteroatoms. The van der Waals surface area contributed by atoms with E-state index in [1.807, 2.05) is 6.92 Å². The summed E-state index contributed by atoms with van der Waals surface area (Å²) >= 11 is 0. The molecular weight excluding hydrogens is 262 g/mol. The van der Waals surface area contributed by atoms with Gasteiger partial charge in [-0.3, -0.25) is 14.9 Å². The van der Waals surface area contributed by atoms with E-state index in [0.717, 1.165) is 0 Å². The van der Waals surface area contributed by atoms with Crippen LogP contribution in [-0.4, -0.2) is 35.1 Å². The van der Waals surface area contributed by atoms with Gasteiger partial charge in [0.1, 0.15) is 5.69 Å². The number of carbonyl (C=O) groups excluding carboxylic acids is 1. The van der Waals surface area contributed by atoms with Gasteiger partial charge in [-0.2, -0.15) is 0 Å². The van der Waals surface area contributed by atoms with Crippen molar-refractivity contribution >= 4 is 17.3 Å². The van der Waals surface area contributed by atoms with Crippen molar-refractivity contribution in [1.82, 2.24) is 5.32 Å². The molecule has 0 saturated carbocycles. The van der Waals surface area contributed by atoms with Crippen LogP contribution < -0.4 is 10.6 Å². The third-order valence-corrected chi connectivity index (χ3v) is 3.07. The Bertz CT molecular complexity index is 478. The number of benzene rings is 1. The molecular formula is C13H19N3O4. The van der Waals surface area contributed by atoms with Gasteiger partial charge in [-0.05, 0) is 18.9 Å². The average molecular weight is 281 g/mol. The summed E-state index contributed by atoms with van der Waals surface area (Å²) in [5.74, 6) is -0.332. The highest BCUT2D eigenvalue weighted by Gasteiger charge is 2.16. The second kappa shape index (κ2) is 7.44. The van der Waals surface area contributed by atoms with Crippen LogP contribution in [0.2, 0.25) is 0 Å². The number of nitro groups is 1. The molecule has 0 aliphatic rings. The minimum atomic E-state index is -0.503. The summed E-state index contributed by atoms with van der Waals surface area (Å²) in [5, 5.41) is 25.2. The highest BCUT2D eigenvalue weighted by atomic mass is 16.6. The Hall–Kier alpha value is -2.15. The van der Waals surface area contributed by atoms with Crippen LogP contribution in [-0.2, 0) is 4.79 Å². The predicted molar refractivity (Wildman–Crippen MR) is 75.4 cm³/mol. The topological polar surface area (TPSA) is 104 Å². The van der Waals surface area contributed by atoms with E-state index >= 15 is 0 Å². The van der Waals surface area contributed by atoms with Gasteiger partial charge in [-0.15, -0.1) is 0 Å². The van der Waals surface area contributed by atoms with Gasteiger partial charge in [-0.25, -0.2) is 0 Å². The first-order chi connectivity index (χ1) is 9.45. The number of carbonyl (C=O) groups is 1. The summed E-state index contributed by atoms with van der Waals surface area (Å²) in [6.45, 7) is 3.54. The van der Waals surface area contributed by atoms with Crippen LogP contribution in [0.5, 0.6) is 0 Å². The van der Waals surface area contributed by atoms with E-state index in [0.29, 0.717) is 5.69 Å². The van der Waals surface area contributed by atoms with Crippen LogP contribution in [0.4, 0.5) is 11.4 Å². The standard InChI is InChI=1S/C13H19N3O4/c1-9(8-17)10(2)15-13(18)7-14-11-5-3-4-6-12(11)16(19)20/h3-6,9-10,14,17H,7-8H2,1-2H3,(H,15,18). The normalized spacial score (nSPS) is 13.3. The van der Waals surface area contributed by atoms with Gasteiger partial charge in [0.05, 0.1) is 11.5 Å². The van der Waals surface area contributed by atoms with Crippen LogP contribution in [0.25, 0.3) is 0 Å². The van der Waals surface area contributed by atoms with Gasteiger partial charge in [0.25, 0.3) is 5.69 Å². The Morgan fingerprint density at radius 2 is 2.05 bits per heavy atom. The van der Waals surface area contributed by atoms with E-state index in [2.05, 4.69) is 10.6 Å². The predicted octanol–water partition coefficient (Wildman–Crippen LogP) is 1.14. The van der Waals surface area contributed by atoms with E-state index in [9.17, 15) is 14.9 Å². The summed E-state index contributed by atoms with van der Waals surface area (Å²) in [6.07, 6.45) is 0. The number of amides is 1. The first-order valence-corrected chi connectivity index (χ1v) is 6.33. The number of aliphatic hydroxyl groups excluding tert-OH is 1. The number of anilines is 1. The molecule has 1 aromatic carbocycles. The van der Waals surface area contributed by atoms with Gasteiger partial charge >= 0.3 is 0 Å². The molecule has 0 aliphatic heterocycles. The number of para-hydroxylation sites is 2. The molecule has 0 fully saturated rings. The number of nitrogens with one attached hydrogen (secondary N) is 2. The van der Waals surface area contributed by atoms with E-state index < -0.39 is 4.92 Å². The molecule has 2 unspecified atom stereocenters. The zero-order chi connectivity index (χ0) is 15.1. The number of nitro benzene ring substituents is 1. The average Bonchev–Trinajstić information content (AvgIpc) is 2.44. The molecule has 0 bridgehead atoms. The molecule has 2 atom stereocenters. The summed E-state index contributed by atoms with van der Waals surface area (Å²) in [5.41, 5.74) is 0.229. The van der Waals surface area contributed by atoms with Crippen molar-refractivity contribution in [3.63, 3.8) is 0 Å². The quantitative estimate of drug-likeness (QED) is 0.513. The summed E-state index contributed by atoms with van der Waals surface area (Å²) in [7, 11) is 0. The molecule has 0 aliphatic carbocycles. The van der Waals surface area contributed by atoms with Crippen LogP contribution >= 0.6 is 0 Å². The number of nitrogens with zero attached hydrogens (tertiary/aromatic N) is 1. The Balaban J connectivity index is 2.55. The van der Waals surface area contributed by atoms with Crippen molar-refractivity contribution in [2.45, 2.75) is 19.9 Å². The van der Waals surface area contributed by atoms with Crippen LogP contribution in [0.3, 0.4) is 0 Å². The SMILES string of the molecule is CC(CO)C(C)NC(=O)CNc1ccccc1[N+](=O)[O-]. The van der Waals surface area contributed by atoms with E-state index in [4.69, 9.17) is 5.11 Å². The van der Waals surface area contributed by atoms with Gasteiger partial charge < -0.3 is 15.7 Å². The maximum absolute atomic E-state index is 11.7. The van der Waals surface area contributed by atoms with Crippen molar-refractivity contribution in [3.8, 4) is 0 Å². The number of aliphatic hydroxyl groups is 1. The number of hydrogen-bond donors (Lipinski definition) is 3. The molecule has 20 heavy (non-hydrogen) atoms. The zero-order valence-electron chi connectivity index (χ0n) is 11.5. The lowest BCUT2D eigenvalue weighted by Crippen LogP contribution is -2.41. The Labute approximate surface area is 117 Å². The fourth-order valence-electron chi connectivity index (χ4n) is 1.56. The lowest BCUT2D eigenvalue weighted by atomic mass is 10.1. The van der Waals surface area contributed by atoms with Crippen molar-refractivity contribution < 1.29 is 14.8 Å². The lowest BCUT2D eigenvalue weighted by molar-refractivity contribution is -0.383. The minimum Gasteiger partial charge on any atom is -0.396 e. The molecule has 110 valence electrons. The van der Waals surface area contributed by atoms with Gasteiger partial charge in [0, 0.05) is 18.7 Å². The molecule has 0 aromatic heterocycles. The van der Waals surface area contributed by atoms with Crippen molar-refractivity contribution in [3.05, 3.63) is 34.4 Å². The van der Waals surface area contributed by atoms with E-state index in [1.54, 1.807) is 25.1 Å². The molecule has 0 spiro atoms. The fourth-order valence-corrected chi connectivity index (χ4v) is 1.56. The zero-order valence-corrected chi connectivity index (χ0v) is 11.5. The Morgan fingerprint density at radius 3 is 2.65 bits per heavy atom. The van der Waals surface area contributed by atoms with Gasteiger partial charge in [0.2, 0.25) is 5.91 Å². The van der Waals surface area contributed by atoms with Crippen molar-refractivity contribution in [2.75, 3.05) is 18.5 Å². The first kappa shape index (κ1) is 15.9. The molecule has 1 amide bonds. The summed E-state index contributed by atoms with van der Waals surface area (Å²) in [6, 6.07) is 5.97. The minimum absolute atomic E-state index is 0.0148. The van der Waals surface area contributed by atoms with E-state index in [1.165, 1.54) is 6.07 Å². The summed E-state index contributed by atoms with van der Waals surface area (Å²) < 4.78 is 0. The summed E-state index contributed by atoms with van der Waals surface area (Å²) in [4.78, 5) is 22.0. The van der Waals surface area contributed by atoms with Crippen LogP contribution in [0.15, 0.2) is 24.3 Å². The van der Waals surface area contributed by atoms with Crippen LogP contribution in [0, 0.1) is 16.0 Å². The highest BCUT2D eigenvalue weighted by Crippen LogP contribution is 2.22. The van der Waals surface area contributed by atoms with Gasteiger partial charge in [0.15, 0.2) is 0 Å².